The Morgan fingerprint density at radius 1 is 1.33 bits per heavy atom. The van der Waals surface area contributed by atoms with E-state index in [-0.39, 0.29) is 49.3 Å². The van der Waals surface area contributed by atoms with E-state index >= 15 is 0 Å². The lowest BCUT2D eigenvalue weighted by atomic mass is 9.90. The number of nitrogens with one attached hydrogen (secondary N) is 1. The molecule has 2 N–H and O–H groups in total. The van der Waals surface area contributed by atoms with Crippen LogP contribution in [0.5, 0.6) is 0 Å². The van der Waals surface area contributed by atoms with E-state index in [0.29, 0.717) is 18.3 Å². The summed E-state index contributed by atoms with van der Waals surface area (Å²) >= 11 is 0. The molecule has 2 aromatic rings. The minimum absolute atomic E-state index is 0. The zero-order valence-corrected chi connectivity index (χ0v) is 18.0. The number of sulfone groups is 1. The quantitative estimate of drug-likeness (QED) is 0.517. The predicted octanol–water partition coefficient (Wildman–Crippen LogP) is -1.29. The fourth-order valence-electron chi connectivity index (χ4n) is 2.50. The van der Waals surface area contributed by atoms with Gasteiger partial charge in [0.1, 0.15) is 23.8 Å². The summed E-state index contributed by atoms with van der Waals surface area (Å²) < 4.78 is 52.8. The summed E-state index contributed by atoms with van der Waals surface area (Å²) in [6.07, 6.45) is 2.96. The van der Waals surface area contributed by atoms with E-state index in [0.717, 1.165) is 18.4 Å². The lowest BCUT2D eigenvalue weighted by Gasteiger charge is -2.31. The van der Waals surface area contributed by atoms with Gasteiger partial charge in [0.15, 0.2) is 9.84 Å². The van der Waals surface area contributed by atoms with Gasteiger partial charge in [0.05, 0.1) is 5.25 Å². The van der Waals surface area contributed by atoms with Crippen LogP contribution in [0.4, 0.5) is 8.78 Å². The summed E-state index contributed by atoms with van der Waals surface area (Å²) in [5, 5.41) is 12.6. The third-order valence-electron chi connectivity index (χ3n) is 4.08. The minimum atomic E-state index is -3.71. The maximum absolute atomic E-state index is 14.2. The van der Waals surface area contributed by atoms with Crippen molar-refractivity contribution in [2.75, 3.05) is 6.26 Å². The Balaban J connectivity index is 0. The number of nitrogens with zero attached hydrogens (tertiary/aromatic N) is 2. The second-order valence-electron chi connectivity index (χ2n) is 5.80. The maximum atomic E-state index is 14.2. The molecule has 156 valence electrons. The van der Waals surface area contributed by atoms with Gasteiger partial charge in [-0.15, -0.1) is 24.8 Å². The van der Waals surface area contributed by atoms with Gasteiger partial charge in [0.2, 0.25) is 0 Å². The van der Waals surface area contributed by atoms with Gasteiger partial charge in [-0.3, -0.25) is 0 Å². The van der Waals surface area contributed by atoms with Crippen LogP contribution in [0.1, 0.15) is 25.2 Å². The van der Waals surface area contributed by atoms with Crippen LogP contribution < -0.4 is 17.1 Å². The van der Waals surface area contributed by atoms with Crippen molar-refractivity contribution >= 4 is 34.7 Å². The third-order valence-corrected chi connectivity index (χ3v) is 5.76. The number of rotatable bonds is 6. The van der Waals surface area contributed by atoms with Crippen molar-refractivity contribution in [3.8, 4) is 0 Å². The lowest BCUT2D eigenvalue weighted by molar-refractivity contribution is -0.764. The van der Waals surface area contributed by atoms with Gasteiger partial charge in [0.25, 0.3) is 5.82 Å². The minimum Gasteiger partial charge on any atom is -1.00 e. The fourth-order valence-corrected chi connectivity index (χ4v) is 3.41. The van der Waals surface area contributed by atoms with E-state index < -0.39 is 32.3 Å². The molecule has 0 aliphatic carbocycles. The average molecular weight is 469 g/mol. The van der Waals surface area contributed by atoms with Gasteiger partial charge >= 0.3 is 6.33 Å². The summed E-state index contributed by atoms with van der Waals surface area (Å²) in [6.45, 7) is 2.88. The number of hydrogen-bond acceptors (Lipinski definition) is 4. The molecule has 1 heterocycles. The molecule has 0 fully saturated rings. The molecule has 0 unspecified atom stereocenters. The molecular formula is C15H22Cl3F2N3O3S. The Kier molecular flexibility index (Phi) is 11.0. The van der Waals surface area contributed by atoms with E-state index in [9.17, 15) is 22.3 Å². The topological polar surface area (TPSA) is 86.9 Å². The maximum Gasteiger partial charge on any atom is 0.307 e. The molecule has 0 bridgehead atoms. The van der Waals surface area contributed by atoms with Gasteiger partial charge in [-0.25, -0.2) is 17.2 Å². The Morgan fingerprint density at radius 3 is 2.37 bits per heavy atom. The van der Waals surface area contributed by atoms with Crippen molar-refractivity contribution in [1.82, 2.24) is 10.1 Å². The van der Waals surface area contributed by atoms with E-state index in [1.54, 1.807) is 0 Å². The van der Waals surface area contributed by atoms with E-state index in [2.05, 4.69) is 10.1 Å². The van der Waals surface area contributed by atoms with Gasteiger partial charge in [0, 0.05) is 24.3 Å². The smallest absolute Gasteiger partial charge is 0.307 e. The molecule has 0 aliphatic heterocycles. The molecule has 0 saturated carbocycles. The van der Waals surface area contributed by atoms with Crippen LogP contribution >= 0.6 is 24.8 Å². The molecule has 0 aliphatic rings. The Hall–Kier alpha value is -1.00. The second kappa shape index (κ2) is 10.5. The van der Waals surface area contributed by atoms with E-state index in [4.69, 9.17) is 0 Å². The number of aryl methyl sites for hydroxylation is 1. The SMILES string of the molecule is CCc1nc[n+](C[C@](O)(c2ccc(F)cc2F)[C@@H](C)S(C)(=O)=O)[nH]1.Cl.Cl.[Cl-]. The first-order valence-corrected chi connectivity index (χ1v) is 9.33. The van der Waals surface area contributed by atoms with Crippen LogP contribution in [0, 0.1) is 11.6 Å². The van der Waals surface area contributed by atoms with Gasteiger partial charge in [-0.1, -0.05) is 13.0 Å². The molecule has 0 radical (unpaired) electrons. The van der Waals surface area contributed by atoms with Crippen LogP contribution in [0.25, 0.3) is 0 Å². The molecule has 6 nitrogen and oxygen atoms in total. The van der Waals surface area contributed by atoms with Crippen LogP contribution in [0.3, 0.4) is 0 Å². The first-order valence-electron chi connectivity index (χ1n) is 7.38. The number of hydrogen-bond donors (Lipinski definition) is 2. The molecule has 0 amide bonds. The summed E-state index contributed by atoms with van der Waals surface area (Å²) in [5.74, 6) is -1.19. The van der Waals surface area contributed by atoms with Crippen molar-refractivity contribution in [1.29, 1.82) is 0 Å². The second-order valence-corrected chi connectivity index (χ2v) is 8.17. The fraction of sp³-hybridized carbons (Fsp3) is 0.467. The summed E-state index contributed by atoms with van der Waals surface area (Å²) in [7, 11) is -3.71. The first kappa shape index (κ1) is 28.2. The van der Waals surface area contributed by atoms with E-state index in [1.165, 1.54) is 17.9 Å². The highest BCUT2D eigenvalue weighted by Gasteiger charge is 2.45. The van der Waals surface area contributed by atoms with Crippen molar-refractivity contribution in [2.24, 2.45) is 0 Å². The van der Waals surface area contributed by atoms with Crippen molar-refractivity contribution < 1.29 is 39.4 Å². The molecule has 2 atom stereocenters. The first-order chi connectivity index (χ1) is 11.1. The summed E-state index contributed by atoms with van der Waals surface area (Å²) in [5.41, 5.74) is -2.39. The highest BCUT2D eigenvalue weighted by Crippen LogP contribution is 2.32. The normalized spacial score (nSPS) is 14.1. The van der Waals surface area contributed by atoms with E-state index in [1.807, 2.05) is 6.92 Å². The molecule has 1 aromatic heterocycles. The molecule has 12 heteroatoms. The highest BCUT2D eigenvalue weighted by atomic mass is 35.5. The van der Waals surface area contributed by atoms with Crippen molar-refractivity contribution in [2.45, 2.75) is 37.7 Å². The largest absolute Gasteiger partial charge is 1.00 e. The Morgan fingerprint density at radius 2 is 1.93 bits per heavy atom. The predicted molar refractivity (Wildman–Crippen MR) is 97.2 cm³/mol. The van der Waals surface area contributed by atoms with Crippen LogP contribution in [0.2, 0.25) is 0 Å². The highest BCUT2D eigenvalue weighted by molar-refractivity contribution is 7.91. The zero-order chi connectivity index (χ0) is 18.1. The monoisotopic (exact) mass is 467 g/mol. The summed E-state index contributed by atoms with van der Waals surface area (Å²) in [6, 6.07) is 2.65. The molecule has 0 saturated heterocycles. The number of aromatic amines is 1. The number of H-pyrrole nitrogens is 1. The molecule has 1 aromatic carbocycles. The third kappa shape index (κ3) is 6.25. The Bertz CT molecular complexity index is 852. The number of benzene rings is 1. The zero-order valence-electron chi connectivity index (χ0n) is 14.8. The Labute approximate surface area is 175 Å². The molecule has 27 heavy (non-hydrogen) atoms. The van der Waals surface area contributed by atoms with Crippen molar-refractivity contribution in [3.05, 3.63) is 47.5 Å². The number of aliphatic hydroxyl groups is 1. The standard InChI is InChI=1S/C15H19F2N3O3S.3ClH/c1-4-14-18-9-20(19-14)8-15(21,10(2)24(3,22)23)12-6-5-11(16)7-13(12)17;;;/h5-7,9-10,21H,4,8H2,1-3H3;3*1H/t10-,15-;;;/m1.../s1. The van der Waals surface area contributed by atoms with Crippen LogP contribution in [-0.2, 0) is 28.4 Å². The molecular weight excluding hydrogens is 447 g/mol. The number of halogens is 5. The van der Waals surface area contributed by atoms with Crippen molar-refractivity contribution in [3.63, 3.8) is 0 Å². The van der Waals surface area contributed by atoms with Crippen LogP contribution in [-0.4, -0.2) is 35.1 Å². The number of aromatic nitrogens is 3. The summed E-state index contributed by atoms with van der Waals surface area (Å²) in [4.78, 5) is 4.06. The van der Waals surface area contributed by atoms with Gasteiger partial charge in [-0.05, 0) is 18.0 Å². The average Bonchev–Trinajstić information content (AvgIpc) is 2.92. The molecule has 0 spiro atoms. The van der Waals surface area contributed by atoms with Gasteiger partial charge in [-0.2, -0.15) is 9.78 Å². The lowest BCUT2D eigenvalue weighted by Crippen LogP contribution is -3.00. The van der Waals surface area contributed by atoms with Gasteiger partial charge < -0.3 is 17.5 Å². The van der Waals surface area contributed by atoms with Crippen LogP contribution in [0.15, 0.2) is 24.5 Å². The molecule has 2 rings (SSSR count).